The molecule has 2 atom stereocenters. The van der Waals surface area contributed by atoms with Crippen molar-refractivity contribution >= 4 is 17.0 Å². The Balaban J connectivity index is 1.64. The minimum Gasteiger partial charge on any atom is -0.389 e. The Bertz CT molecular complexity index is 1060. The predicted octanol–water partition coefficient (Wildman–Crippen LogP) is 4.04. The summed E-state index contributed by atoms with van der Waals surface area (Å²) in [6, 6.07) is 17.9. The van der Waals surface area contributed by atoms with Gasteiger partial charge in [0.1, 0.15) is 12.1 Å². The van der Waals surface area contributed by atoms with Gasteiger partial charge in [-0.25, -0.2) is 9.97 Å². The zero-order chi connectivity index (χ0) is 18.8. The molecule has 0 bridgehead atoms. The fourth-order valence-electron chi connectivity index (χ4n) is 3.04. The van der Waals surface area contributed by atoms with E-state index in [4.69, 9.17) is 0 Å². The van der Waals surface area contributed by atoms with Gasteiger partial charge in [0.2, 0.25) is 5.95 Å². The summed E-state index contributed by atoms with van der Waals surface area (Å²) >= 11 is 0. The summed E-state index contributed by atoms with van der Waals surface area (Å²) < 4.78 is 1.92. The van der Waals surface area contributed by atoms with E-state index in [1.54, 1.807) is 19.4 Å². The van der Waals surface area contributed by atoms with Crippen molar-refractivity contribution in [1.82, 2.24) is 19.5 Å². The van der Waals surface area contributed by atoms with Crippen molar-refractivity contribution in [3.8, 4) is 5.82 Å². The lowest BCUT2D eigenvalue weighted by Crippen LogP contribution is -2.10. The minimum atomic E-state index is -0.520. The molecule has 2 heterocycles. The van der Waals surface area contributed by atoms with Crippen LogP contribution in [0.25, 0.3) is 16.9 Å². The highest BCUT2D eigenvalue weighted by molar-refractivity contribution is 5.78. The molecule has 4 rings (SSSR count). The SMILES string of the molecule is CC(O)c1ccc2c(c1)ncn2-c1ccnc(N[C@@H](C)c2ccccc2)n1. The lowest BCUT2D eigenvalue weighted by atomic mass is 10.1. The molecule has 0 saturated carbocycles. The quantitative estimate of drug-likeness (QED) is 0.562. The predicted molar refractivity (Wildman–Crippen MR) is 106 cm³/mol. The zero-order valence-corrected chi connectivity index (χ0v) is 15.2. The standard InChI is InChI=1S/C21H21N5O/c1-14(16-6-4-3-5-7-16)24-21-22-11-10-20(25-21)26-13-23-18-12-17(15(2)27)8-9-19(18)26/h3-15,27H,1-2H3,(H,22,24,25)/t14-,15?/m0/s1. The van der Waals surface area contributed by atoms with Gasteiger partial charge in [0.05, 0.1) is 23.2 Å². The van der Waals surface area contributed by atoms with Crippen LogP contribution in [-0.4, -0.2) is 24.6 Å². The summed E-state index contributed by atoms with van der Waals surface area (Å²) in [5.41, 5.74) is 3.76. The Kier molecular flexibility index (Phi) is 4.56. The van der Waals surface area contributed by atoms with Crippen LogP contribution in [0.1, 0.15) is 37.1 Å². The maximum Gasteiger partial charge on any atom is 0.225 e. The summed E-state index contributed by atoms with van der Waals surface area (Å²) in [7, 11) is 0. The van der Waals surface area contributed by atoms with Crippen LogP contribution in [0.4, 0.5) is 5.95 Å². The summed E-state index contributed by atoms with van der Waals surface area (Å²) in [4.78, 5) is 13.4. The number of nitrogens with one attached hydrogen (secondary N) is 1. The molecule has 2 aromatic heterocycles. The number of anilines is 1. The Morgan fingerprint density at radius 1 is 0.963 bits per heavy atom. The van der Waals surface area contributed by atoms with Crippen molar-refractivity contribution in [3.05, 3.63) is 78.2 Å². The number of benzene rings is 2. The van der Waals surface area contributed by atoms with E-state index in [1.807, 2.05) is 47.0 Å². The molecule has 0 saturated heterocycles. The number of aliphatic hydroxyl groups is 1. The normalized spacial score (nSPS) is 13.4. The third-order valence-corrected chi connectivity index (χ3v) is 4.59. The van der Waals surface area contributed by atoms with Crippen molar-refractivity contribution in [2.24, 2.45) is 0 Å². The highest BCUT2D eigenvalue weighted by atomic mass is 16.3. The molecule has 2 aromatic carbocycles. The molecule has 0 amide bonds. The molecule has 0 spiro atoms. The van der Waals surface area contributed by atoms with Gasteiger partial charge in [0.15, 0.2) is 0 Å². The zero-order valence-electron chi connectivity index (χ0n) is 15.2. The number of fused-ring (bicyclic) bond motifs is 1. The van der Waals surface area contributed by atoms with Crippen LogP contribution in [0, 0.1) is 0 Å². The number of hydrogen-bond donors (Lipinski definition) is 2. The van der Waals surface area contributed by atoms with Gasteiger partial charge in [0.25, 0.3) is 0 Å². The second-order valence-corrected chi connectivity index (χ2v) is 6.55. The topological polar surface area (TPSA) is 75.9 Å². The van der Waals surface area contributed by atoms with Gasteiger partial charge in [-0.15, -0.1) is 0 Å². The number of aromatic nitrogens is 4. The Hall–Kier alpha value is -3.25. The van der Waals surface area contributed by atoms with Gasteiger partial charge >= 0.3 is 0 Å². The summed E-state index contributed by atoms with van der Waals surface area (Å²) in [5, 5.41) is 13.1. The first-order valence-corrected chi connectivity index (χ1v) is 8.92. The van der Waals surface area contributed by atoms with Gasteiger partial charge in [0, 0.05) is 6.20 Å². The molecule has 1 unspecified atom stereocenters. The molecule has 6 nitrogen and oxygen atoms in total. The molecule has 4 aromatic rings. The van der Waals surface area contributed by atoms with Gasteiger partial charge in [-0.05, 0) is 43.2 Å². The van der Waals surface area contributed by atoms with Gasteiger partial charge in [-0.2, -0.15) is 4.98 Å². The number of aliphatic hydroxyl groups excluding tert-OH is 1. The summed E-state index contributed by atoms with van der Waals surface area (Å²) in [6.07, 6.45) is 2.95. The Labute approximate surface area is 157 Å². The third kappa shape index (κ3) is 3.52. The van der Waals surface area contributed by atoms with Crippen molar-refractivity contribution in [3.63, 3.8) is 0 Å². The number of nitrogens with zero attached hydrogens (tertiary/aromatic N) is 4. The second kappa shape index (κ2) is 7.17. The summed E-state index contributed by atoms with van der Waals surface area (Å²) in [6.45, 7) is 3.82. The van der Waals surface area contributed by atoms with Crippen LogP contribution in [0.3, 0.4) is 0 Å². The lowest BCUT2D eigenvalue weighted by Gasteiger charge is -2.14. The fraction of sp³-hybridized carbons (Fsp3) is 0.190. The van der Waals surface area contributed by atoms with E-state index >= 15 is 0 Å². The van der Waals surface area contributed by atoms with Crippen molar-refractivity contribution in [2.75, 3.05) is 5.32 Å². The smallest absolute Gasteiger partial charge is 0.225 e. The molecule has 6 heteroatoms. The molecule has 136 valence electrons. The monoisotopic (exact) mass is 359 g/mol. The van der Waals surface area contributed by atoms with Gasteiger partial charge < -0.3 is 10.4 Å². The molecule has 0 aliphatic carbocycles. The molecule has 0 radical (unpaired) electrons. The molecule has 2 N–H and O–H groups in total. The van der Waals surface area contributed by atoms with Crippen molar-refractivity contribution in [1.29, 1.82) is 0 Å². The fourth-order valence-corrected chi connectivity index (χ4v) is 3.04. The average Bonchev–Trinajstić information content (AvgIpc) is 3.12. The van der Waals surface area contributed by atoms with Gasteiger partial charge in [-0.1, -0.05) is 36.4 Å². The largest absolute Gasteiger partial charge is 0.389 e. The first-order chi connectivity index (χ1) is 13.1. The second-order valence-electron chi connectivity index (χ2n) is 6.55. The Morgan fingerprint density at radius 3 is 2.56 bits per heavy atom. The highest BCUT2D eigenvalue weighted by Gasteiger charge is 2.11. The molecule has 27 heavy (non-hydrogen) atoms. The molecular weight excluding hydrogens is 338 g/mol. The molecule has 0 fully saturated rings. The van der Waals surface area contributed by atoms with E-state index in [0.29, 0.717) is 5.95 Å². The van der Waals surface area contributed by atoms with E-state index in [-0.39, 0.29) is 6.04 Å². The van der Waals surface area contributed by atoms with E-state index in [2.05, 4.69) is 39.3 Å². The first-order valence-electron chi connectivity index (χ1n) is 8.92. The number of hydrogen-bond acceptors (Lipinski definition) is 5. The highest BCUT2D eigenvalue weighted by Crippen LogP contribution is 2.22. The van der Waals surface area contributed by atoms with E-state index in [1.165, 1.54) is 5.56 Å². The molecule has 0 aliphatic heterocycles. The maximum absolute atomic E-state index is 9.76. The minimum absolute atomic E-state index is 0.0922. The summed E-state index contributed by atoms with van der Waals surface area (Å²) in [5.74, 6) is 1.30. The first kappa shape index (κ1) is 17.2. The Morgan fingerprint density at radius 2 is 1.78 bits per heavy atom. The van der Waals surface area contributed by atoms with Crippen LogP contribution in [0.2, 0.25) is 0 Å². The molecular formula is C21H21N5O. The van der Waals surface area contributed by atoms with Crippen molar-refractivity contribution in [2.45, 2.75) is 26.0 Å². The van der Waals surface area contributed by atoms with Crippen LogP contribution in [-0.2, 0) is 0 Å². The van der Waals surface area contributed by atoms with Gasteiger partial charge in [-0.3, -0.25) is 4.57 Å². The average molecular weight is 359 g/mol. The third-order valence-electron chi connectivity index (χ3n) is 4.59. The number of imidazole rings is 1. The van der Waals surface area contributed by atoms with E-state index in [9.17, 15) is 5.11 Å². The van der Waals surface area contributed by atoms with Crippen LogP contribution >= 0.6 is 0 Å². The van der Waals surface area contributed by atoms with Crippen LogP contribution < -0.4 is 5.32 Å². The van der Waals surface area contributed by atoms with Crippen LogP contribution in [0.15, 0.2) is 67.1 Å². The molecule has 0 aliphatic rings. The number of rotatable bonds is 5. The van der Waals surface area contributed by atoms with Crippen molar-refractivity contribution < 1.29 is 5.11 Å². The van der Waals surface area contributed by atoms with E-state index < -0.39 is 6.10 Å². The maximum atomic E-state index is 9.76. The lowest BCUT2D eigenvalue weighted by molar-refractivity contribution is 0.199. The van der Waals surface area contributed by atoms with E-state index in [0.717, 1.165) is 22.4 Å². The van der Waals surface area contributed by atoms with Crippen LogP contribution in [0.5, 0.6) is 0 Å².